The highest BCUT2D eigenvalue weighted by molar-refractivity contribution is 7.90. The third-order valence-electron chi connectivity index (χ3n) is 2.29. The number of amides is 1. The molecule has 0 radical (unpaired) electrons. The average Bonchev–Trinajstić information content (AvgIpc) is 2.76. The predicted molar refractivity (Wildman–Crippen MR) is 70.9 cm³/mol. The quantitative estimate of drug-likeness (QED) is 0.901. The van der Waals surface area contributed by atoms with Crippen molar-refractivity contribution >= 4 is 27.6 Å². The number of nitrogens with zero attached hydrogens (tertiary/aromatic N) is 1. The third-order valence-corrected chi connectivity index (χ3v) is 4.42. The molecule has 1 amide bonds. The van der Waals surface area contributed by atoms with Crippen LogP contribution in [-0.2, 0) is 10.0 Å². The van der Waals surface area contributed by atoms with Gasteiger partial charge in [-0.25, -0.2) is 21.9 Å². The molecule has 1 heterocycles. The fourth-order valence-electron chi connectivity index (χ4n) is 1.33. The van der Waals surface area contributed by atoms with Crippen LogP contribution in [0.5, 0.6) is 0 Å². The Morgan fingerprint density at radius 3 is 2.37 bits per heavy atom. The lowest BCUT2D eigenvalue weighted by Gasteiger charge is -2.06. The summed E-state index contributed by atoms with van der Waals surface area (Å²) in [5.41, 5.74) is 0.911. The lowest BCUT2D eigenvalue weighted by Crippen LogP contribution is -2.33. The van der Waals surface area contributed by atoms with Crippen LogP contribution in [-0.4, -0.2) is 18.4 Å². The summed E-state index contributed by atoms with van der Waals surface area (Å²) in [6.45, 7) is 1.83. The zero-order valence-corrected chi connectivity index (χ0v) is 11.5. The molecule has 1 aromatic heterocycles. The number of sulfonamides is 1. The Hall–Kier alpha value is -1.93. The fraction of sp³-hybridized carbons (Fsp3) is 0.0909. The van der Waals surface area contributed by atoms with E-state index in [4.69, 9.17) is 0 Å². The Labute approximate surface area is 113 Å². The molecule has 100 valence electrons. The number of hydrogen-bond acceptors (Lipinski definition) is 5. The first-order valence-corrected chi connectivity index (χ1v) is 7.47. The Morgan fingerprint density at radius 1 is 1.21 bits per heavy atom. The number of carbonyl (C=O) groups is 1. The average molecular weight is 298 g/mol. The molecule has 0 fully saturated rings. The zero-order chi connectivity index (χ0) is 14.0. The summed E-state index contributed by atoms with van der Waals surface area (Å²) in [6.07, 6.45) is 1.22. The lowest BCUT2D eigenvalue weighted by atomic mass is 10.2. The third kappa shape index (κ3) is 3.09. The molecular weight excluding hydrogens is 288 g/mol. The summed E-state index contributed by atoms with van der Waals surface area (Å²) in [4.78, 5) is 22.6. The normalized spacial score (nSPS) is 11.2. The van der Waals surface area contributed by atoms with Crippen LogP contribution in [0.1, 0.15) is 5.56 Å². The van der Waals surface area contributed by atoms with Gasteiger partial charge in [0.2, 0.25) is 4.74 Å². The first kappa shape index (κ1) is 13.5. The molecule has 0 unspecified atom stereocenters. The lowest BCUT2D eigenvalue weighted by molar-refractivity contribution is 0.249. The maximum absolute atomic E-state index is 11.9. The Morgan fingerprint density at radius 2 is 1.84 bits per heavy atom. The molecule has 1 aromatic carbocycles. The van der Waals surface area contributed by atoms with Crippen LogP contribution in [0.25, 0.3) is 0 Å². The minimum Gasteiger partial charge on any atom is -0.276 e. The monoisotopic (exact) mass is 298 g/mol. The number of aromatic nitrogens is 1. The summed E-state index contributed by atoms with van der Waals surface area (Å²) >= 11 is 0.619. The van der Waals surface area contributed by atoms with Gasteiger partial charge in [-0.2, -0.15) is 0 Å². The second-order valence-corrected chi connectivity index (χ2v) is 6.44. The van der Waals surface area contributed by atoms with Gasteiger partial charge in [-0.05, 0) is 30.6 Å². The molecule has 0 aliphatic rings. The molecule has 6 nitrogen and oxygen atoms in total. The second kappa shape index (κ2) is 4.98. The van der Waals surface area contributed by atoms with Gasteiger partial charge in [0.1, 0.15) is 0 Å². The highest BCUT2D eigenvalue weighted by Crippen LogP contribution is 2.10. The molecule has 0 spiro atoms. The molecule has 0 bridgehead atoms. The molecule has 0 saturated carbocycles. The van der Waals surface area contributed by atoms with E-state index in [2.05, 4.69) is 0 Å². The van der Waals surface area contributed by atoms with Crippen LogP contribution in [0.2, 0.25) is 0 Å². The highest BCUT2D eigenvalue weighted by Gasteiger charge is 2.18. The standard InChI is InChI=1S/C11H10N2O4S2/c1-8-2-4-9(5-3-8)19(16,17)12-11(15)13-7-6-10(14)18-13/h2-7H,1H3,(H,12,15). The molecule has 0 saturated heterocycles. The van der Waals surface area contributed by atoms with Crippen molar-refractivity contribution in [3.63, 3.8) is 0 Å². The van der Waals surface area contributed by atoms with Gasteiger partial charge in [-0.3, -0.25) is 4.79 Å². The van der Waals surface area contributed by atoms with E-state index in [1.54, 1.807) is 12.1 Å². The van der Waals surface area contributed by atoms with E-state index in [-0.39, 0.29) is 9.64 Å². The van der Waals surface area contributed by atoms with Gasteiger partial charge in [0, 0.05) is 12.3 Å². The predicted octanol–water partition coefficient (Wildman–Crippen LogP) is 1.16. The number of aryl methyl sites for hydroxylation is 1. The summed E-state index contributed by atoms with van der Waals surface area (Å²) in [6, 6.07) is 6.38. The topological polar surface area (TPSA) is 85.2 Å². The first-order valence-electron chi connectivity index (χ1n) is 5.21. The fourth-order valence-corrected chi connectivity index (χ4v) is 2.90. The molecule has 19 heavy (non-hydrogen) atoms. The Bertz CT molecular complexity index is 756. The summed E-state index contributed by atoms with van der Waals surface area (Å²) in [7, 11) is -3.93. The molecule has 2 rings (SSSR count). The van der Waals surface area contributed by atoms with Crippen molar-refractivity contribution in [3.8, 4) is 0 Å². The van der Waals surface area contributed by atoms with Crippen LogP contribution < -0.4 is 9.46 Å². The summed E-state index contributed by atoms with van der Waals surface area (Å²) in [5.74, 6) is 0. The van der Waals surface area contributed by atoms with Crippen LogP contribution in [0.4, 0.5) is 4.79 Å². The number of rotatable bonds is 2. The van der Waals surface area contributed by atoms with E-state index in [9.17, 15) is 18.0 Å². The van der Waals surface area contributed by atoms with Crippen molar-refractivity contribution in [2.45, 2.75) is 11.8 Å². The van der Waals surface area contributed by atoms with Crippen molar-refractivity contribution < 1.29 is 13.2 Å². The van der Waals surface area contributed by atoms with E-state index in [1.807, 2.05) is 11.6 Å². The smallest absolute Gasteiger partial charge is 0.276 e. The van der Waals surface area contributed by atoms with Crippen LogP contribution in [0.3, 0.4) is 0 Å². The van der Waals surface area contributed by atoms with Crippen LogP contribution in [0, 0.1) is 6.92 Å². The zero-order valence-electron chi connectivity index (χ0n) is 9.86. The van der Waals surface area contributed by atoms with Gasteiger partial charge in [-0.1, -0.05) is 17.7 Å². The van der Waals surface area contributed by atoms with Crippen LogP contribution in [0.15, 0.2) is 46.2 Å². The van der Waals surface area contributed by atoms with Crippen molar-refractivity contribution in [3.05, 3.63) is 51.6 Å². The van der Waals surface area contributed by atoms with Gasteiger partial charge >= 0.3 is 6.03 Å². The summed E-state index contributed by atoms with van der Waals surface area (Å²) < 4.78 is 26.3. The SMILES string of the molecule is Cc1ccc(S(=O)(=O)NC(=O)n2ccc(=O)s2)cc1. The van der Waals surface area contributed by atoms with Gasteiger partial charge in [-0.15, -0.1) is 0 Å². The maximum atomic E-state index is 11.9. The molecule has 2 aromatic rings. The molecular formula is C11H10N2O4S2. The Kier molecular flexibility index (Phi) is 3.54. The Balaban J connectivity index is 2.24. The van der Waals surface area contributed by atoms with Gasteiger partial charge in [0.05, 0.1) is 4.90 Å². The van der Waals surface area contributed by atoms with E-state index in [1.165, 1.54) is 24.4 Å². The van der Waals surface area contributed by atoms with Crippen molar-refractivity contribution in [1.29, 1.82) is 0 Å². The van der Waals surface area contributed by atoms with Crippen molar-refractivity contribution in [2.75, 3.05) is 0 Å². The van der Waals surface area contributed by atoms with E-state index >= 15 is 0 Å². The minimum absolute atomic E-state index is 0.00838. The van der Waals surface area contributed by atoms with E-state index in [0.717, 1.165) is 9.52 Å². The molecule has 8 heteroatoms. The molecule has 0 aliphatic carbocycles. The molecule has 1 N–H and O–H groups in total. The van der Waals surface area contributed by atoms with Crippen molar-refractivity contribution in [1.82, 2.24) is 8.68 Å². The van der Waals surface area contributed by atoms with Gasteiger partial charge in [0.15, 0.2) is 0 Å². The second-order valence-electron chi connectivity index (χ2n) is 3.78. The van der Waals surface area contributed by atoms with E-state index in [0.29, 0.717) is 11.5 Å². The number of benzene rings is 1. The number of nitrogens with one attached hydrogen (secondary N) is 1. The van der Waals surface area contributed by atoms with Gasteiger partial charge in [0.25, 0.3) is 10.0 Å². The van der Waals surface area contributed by atoms with Gasteiger partial charge < -0.3 is 0 Å². The summed E-state index contributed by atoms with van der Waals surface area (Å²) in [5, 5.41) is 0. The van der Waals surface area contributed by atoms with E-state index < -0.39 is 16.1 Å². The minimum atomic E-state index is -3.93. The number of carbonyl (C=O) groups excluding carboxylic acids is 1. The highest BCUT2D eigenvalue weighted by atomic mass is 32.2. The number of hydrogen-bond donors (Lipinski definition) is 1. The first-order chi connectivity index (χ1) is 8.88. The van der Waals surface area contributed by atoms with Crippen LogP contribution >= 0.6 is 11.5 Å². The largest absolute Gasteiger partial charge is 0.348 e. The molecule has 0 atom stereocenters. The maximum Gasteiger partial charge on any atom is 0.348 e. The van der Waals surface area contributed by atoms with Crippen molar-refractivity contribution in [2.24, 2.45) is 0 Å². The molecule has 0 aliphatic heterocycles.